The Morgan fingerprint density at radius 1 is 0.213 bits per heavy atom. The van der Waals surface area contributed by atoms with Gasteiger partial charge in [-0.05, 0) is 118 Å². The lowest BCUT2D eigenvalue weighted by Gasteiger charge is -2.11. The van der Waals surface area contributed by atoms with E-state index in [0.717, 1.165) is 11.4 Å². The van der Waals surface area contributed by atoms with Crippen molar-refractivity contribution in [1.82, 2.24) is 13.7 Å². The third-order valence-electron chi connectivity index (χ3n) is 12.8. The number of hydrogen-bond acceptors (Lipinski definition) is 0. The highest BCUT2D eigenvalue weighted by atomic mass is 15.0. The lowest BCUT2D eigenvalue weighted by molar-refractivity contribution is 1.17. The van der Waals surface area contributed by atoms with Crippen LogP contribution in [0, 0.1) is 0 Å². The Balaban J connectivity index is 1.06. The van der Waals surface area contributed by atoms with Crippen molar-refractivity contribution >= 4 is 76.2 Å². The maximum atomic E-state index is 2.46. The first kappa shape index (κ1) is 33.8. The molecular formula is C58H37N3. The first-order valence-electron chi connectivity index (χ1n) is 21.0. The van der Waals surface area contributed by atoms with Gasteiger partial charge in [-0.1, -0.05) is 140 Å². The van der Waals surface area contributed by atoms with Crippen LogP contribution in [0.2, 0.25) is 0 Å². The fourth-order valence-corrected chi connectivity index (χ4v) is 10.1. The van der Waals surface area contributed by atoms with Gasteiger partial charge in [0.2, 0.25) is 0 Å². The molecular weight excluding hydrogens is 739 g/mol. The zero-order chi connectivity index (χ0) is 40.0. The Morgan fingerprint density at radius 2 is 0.656 bits per heavy atom. The number of benzene rings is 10. The number of rotatable bonds is 5. The van der Waals surface area contributed by atoms with Crippen LogP contribution in [-0.2, 0) is 0 Å². The highest BCUT2D eigenvalue weighted by Crippen LogP contribution is 2.44. The van der Waals surface area contributed by atoms with Gasteiger partial charge in [-0.3, -0.25) is 0 Å². The minimum Gasteiger partial charge on any atom is -0.309 e. The van der Waals surface area contributed by atoms with E-state index in [1.807, 2.05) is 0 Å². The Bertz CT molecular complexity index is 3850. The van der Waals surface area contributed by atoms with E-state index < -0.39 is 0 Å². The van der Waals surface area contributed by atoms with Crippen LogP contribution in [0.1, 0.15) is 0 Å². The van der Waals surface area contributed by atoms with Gasteiger partial charge in [0.25, 0.3) is 0 Å². The summed E-state index contributed by atoms with van der Waals surface area (Å²) in [6.45, 7) is 0. The quantitative estimate of drug-likeness (QED) is 0.165. The smallest absolute Gasteiger partial charge is 0.0548 e. The van der Waals surface area contributed by atoms with Gasteiger partial charge in [0, 0.05) is 49.4 Å². The summed E-state index contributed by atoms with van der Waals surface area (Å²) in [6.07, 6.45) is 0. The van der Waals surface area contributed by atoms with Crippen LogP contribution in [0.5, 0.6) is 0 Å². The summed E-state index contributed by atoms with van der Waals surface area (Å²) in [6, 6.07) is 82.2. The second-order valence-electron chi connectivity index (χ2n) is 16.1. The second-order valence-corrected chi connectivity index (χ2v) is 16.1. The van der Waals surface area contributed by atoms with Crippen molar-refractivity contribution in [1.29, 1.82) is 0 Å². The van der Waals surface area contributed by atoms with E-state index >= 15 is 0 Å². The van der Waals surface area contributed by atoms with Gasteiger partial charge in [-0.25, -0.2) is 0 Å². The molecule has 3 heteroatoms. The molecule has 10 aromatic carbocycles. The zero-order valence-corrected chi connectivity index (χ0v) is 33.2. The van der Waals surface area contributed by atoms with E-state index in [1.165, 1.54) is 104 Å². The molecule has 0 aliphatic carbocycles. The normalized spacial score (nSPS) is 11.9. The lowest BCUT2D eigenvalue weighted by atomic mass is 9.99. The third-order valence-corrected chi connectivity index (χ3v) is 12.8. The summed E-state index contributed by atoms with van der Waals surface area (Å²) in [5, 5.41) is 10.0. The number of fused-ring (bicyclic) bond motifs is 11. The monoisotopic (exact) mass is 775 g/mol. The minimum atomic E-state index is 1.14. The molecule has 0 aliphatic rings. The molecule has 0 spiro atoms. The van der Waals surface area contributed by atoms with E-state index in [4.69, 9.17) is 0 Å². The maximum absolute atomic E-state index is 2.46. The molecule has 13 aromatic rings. The number of para-hydroxylation sites is 3. The molecule has 3 heterocycles. The van der Waals surface area contributed by atoms with Crippen molar-refractivity contribution in [3.63, 3.8) is 0 Å². The summed E-state index contributed by atoms with van der Waals surface area (Å²) >= 11 is 0. The lowest BCUT2D eigenvalue weighted by Crippen LogP contribution is -1.95. The molecule has 0 bridgehead atoms. The maximum Gasteiger partial charge on any atom is 0.0548 e. The van der Waals surface area contributed by atoms with Crippen LogP contribution in [0.25, 0.3) is 116 Å². The van der Waals surface area contributed by atoms with E-state index in [-0.39, 0.29) is 0 Å². The van der Waals surface area contributed by atoms with Gasteiger partial charge in [0.1, 0.15) is 0 Å². The molecule has 284 valence electrons. The molecule has 0 aliphatic heterocycles. The Hall–Kier alpha value is -8.14. The van der Waals surface area contributed by atoms with Gasteiger partial charge in [0.15, 0.2) is 0 Å². The van der Waals surface area contributed by atoms with Gasteiger partial charge < -0.3 is 13.7 Å². The van der Waals surface area contributed by atoms with Gasteiger partial charge in [-0.2, -0.15) is 0 Å². The molecule has 0 amide bonds. The average Bonchev–Trinajstić information content (AvgIpc) is 3.97. The summed E-state index contributed by atoms with van der Waals surface area (Å²) in [4.78, 5) is 0. The summed E-state index contributed by atoms with van der Waals surface area (Å²) in [5.41, 5.74) is 15.5. The van der Waals surface area contributed by atoms with Crippen molar-refractivity contribution in [2.24, 2.45) is 0 Å². The van der Waals surface area contributed by atoms with Crippen molar-refractivity contribution in [2.75, 3.05) is 0 Å². The zero-order valence-electron chi connectivity index (χ0n) is 33.2. The van der Waals surface area contributed by atoms with Crippen molar-refractivity contribution in [3.8, 4) is 39.3 Å². The van der Waals surface area contributed by atoms with Crippen LogP contribution >= 0.6 is 0 Å². The summed E-state index contributed by atoms with van der Waals surface area (Å²) in [7, 11) is 0. The highest BCUT2D eigenvalue weighted by molar-refractivity contribution is 6.29. The molecule has 0 saturated carbocycles. The van der Waals surface area contributed by atoms with Crippen molar-refractivity contribution < 1.29 is 0 Å². The second kappa shape index (κ2) is 13.2. The van der Waals surface area contributed by atoms with E-state index in [2.05, 4.69) is 238 Å². The number of hydrogen-bond donors (Lipinski definition) is 0. The van der Waals surface area contributed by atoms with Crippen molar-refractivity contribution in [3.05, 3.63) is 224 Å². The van der Waals surface area contributed by atoms with Gasteiger partial charge in [-0.15, -0.1) is 0 Å². The SMILES string of the molecule is c1ccc(-c2ccc(-n3c4ccc(-c5ccc6c(c5)c5ccccc5n6-c5ccc6ccccc6c5)cc4c4c5c6ccccc6n(-c6ccccc6)c5ccc43)cc2)cc1. The minimum absolute atomic E-state index is 1.14. The molecule has 0 radical (unpaired) electrons. The molecule has 0 fully saturated rings. The Morgan fingerprint density at radius 3 is 1.38 bits per heavy atom. The Labute approximate surface area is 352 Å². The summed E-state index contributed by atoms with van der Waals surface area (Å²) < 4.78 is 7.29. The molecule has 3 nitrogen and oxygen atoms in total. The van der Waals surface area contributed by atoms with Crippen LogP contribution in [0.15, 0.2) is 224 Å². The number of aromatic nitrogens is 3. The first-order valence-corrected chi connectivity index (χ1v) is 21.0. The van der Waals surface area contributed by atoms with Crippen LogP contribution < -0.4 is 0 Å². The molecule has 0 atom stereocenters. The molecule has 0 N–H and O–H groups in total. The van der Waals surface area contributed by atoms with Gasteiger partial charge in [0.05, 0.1) is 33.1 Å². The fourth-order valence-electron chi connectivity index (χ4n) is 10.1. The van der Waals surface area contributed by atoms with Crippen molar-refractivity contribution in [2.45, 2.75) is 0 Å². The average molecular weight is 776 g/mol. The molecule has 0 saturated heterocycles. The molecule has 3 aromatic heterocycles. The standard InChI is InChI=1S/C58H37N3/c1-3-13-38(14-4-1)40-23-28-45(29-24-40)60-54-32-27-43(37-50(54)58-56(60)34-33-55-57(58)48-20-10-12-22-52(48)59(55)44-17-5-2-6-18-44)42-26-31-53-49(36-42)47-19-9-11-21-51(47)61(53)46-30-25-39-15-7-8-16-41(39)35-46/h1-37H. The highest BCUT2D eigenvalue weighted by Gasteiger charge is 2.22. The number of nitrogens with zero attached hydrogens (tertiary/aromatic N) is 3. The molecule has 61 heavy (non-hydrogen) atoms. The third kappa shape index (κ3) is 5.11. The topological polar surface area (TPSA) is 14.8 Å². The molecule has 13 rings (SSSR count). The van der Waals surface area contributed by atoms with Crippen LogP contribution in [-0.4, -0.2) is 13.7 Å². The first-order chi connectivity index (χ1) is 30.3. The predicted octanol–water partition coefficient (Wildman–Crippen LogP) is 15.5. The van der Waals surface area contributed by atoms with Crippen LogP contribution in [0.4, 0.5) is 0 Å². The van der Waals surface area contributed by atoms with E-state index in [1.54, 1.807) is 0 Å². The Kier molecular flexibility index (Phi) is 7.31. The predicted molar refractivity (Wildman–Crippen MR) is 258 cm³/mol. The van der Waals surface area contributed by atoms with E-state index in [9.17, 15) is 0 Å². The van der Waals surface area contributed by atoms with E-state index in [0.29, 0.717) is 0 Å². The molecule has 0 unspecified atom stereocenters. The largest absolute Gasteiger partial charge is 0.309 e. The summed E-state index contributed by atoms with van der Waals surface area (Å²) in [5.74, 6) is 0. The van der Waals surface area contributed by atoms with Gasteiger partial charge >= 0.3 is 0 Å². The van der Waals surface area contributed by atoms with Crippen LogP contribution in [0.3, 0.4) is 0 Å². The fraction of sp³-hybridized carbons (Fsp3) is 0.